The van der Waals surface area contributed by atoms with Crippen molar-refractivity contribution in [1.82, 2.24) is 14.9 Å². The molecule has 176 valence electrons. The fourth-order valence-corrected chi connectivity index (χ4v) is 6.50. The quantitative estimate of drug-likeness (QED) is 0.269. The highest BCUT2D eigenvalue weighted by Crippen LogP contribution is 2.30. The summed E-state index contributed by atoms with van der Waals surface area (Å²) in [5.41, 5.74) is 3.26. The van der Waals surface area contributed by atoms with Crippen LogP contribution in [0.15, 0.2) is 34.2 Å². The molecule has 1 aromatic carbocycles. The first-order valence-corrected chi connectivity index (χ1v) is 13.8. The van der Waals surface area contributed by atoms with Crippen LogP contribution in [0.2, 0.25) is 0 Å². The van der Waals surface area contributed by atoms with E-state index < -0.39 is 0 Å². The van der Waals surface area contributed by atoms with Crippen LogP contribution in [0.4, 0.5) is 0 Å². The SMILES string of the molecule is CCc1sc2nc(SCC(=O)NC3CCCCCC3)n(Cc3ccc(C)cc3)c(=O)c2c1C. The molecule has 1 saturated carbocycles. The number of hydrogen-bond acceptors (Lipinski definition) is 5. The van der Waals surface area contributed by atoms with Crippen LogP contribution in [-0.4, -0.2) is 27.3 Å². The van der Waals surface area contributed by atoms with E-state index in [4.69, 9.17) is 4.98 Å². The molecule has 1 fully saturated rings. The number of hydrogen-bond donors (Lipinski definition) is 1. The molecule has 5 nitrogen and oxygen atoms in total. The monoisotopic (exact) mass is 483 g/mol. The average molecular weight is 484 g/mol. The number of benzene rings is 1. The zero-order chi connectivity index (χ0) is 23.4. The standard InChI is InChI=1S/C26H33N3O2S2/c1-4-21-18(3)23-24(33-21)28-26(29(25(23)31)15-19-13-11-17(2)12-14-19)32-16-22(30)27-20-9-7-5-6-8-10-20/h11-14,20H,4-10,15-16H2,1-3H3,(H,27,30). The molecule has 1 N–H and O–H groups in total. The number of carbonyl (C=O) groups is 1. The van der Waals surface area contributed by atoms with Crippen LogP contribution < -0.4 is 10.9 Å². The van der Waals surface area contributed by atoms with Gasteiger partial charge in [-0.05, 0) is 44.2 Å². The van der Waals surface area contributed by atoms with Gasteiger partial charge in [-0.15, -0.1) is 11.3 Å². The van der Waals surface area contributed by atoms with Crippen molar-refractivity contribution in [2.75, 3.05) is 5.75 Å². The summed E-state index contributed by atoms with van der Waals surface area (Å²) in [4.78, 5) is 33.2. The van der Waals surface area contributed by atoms with Crippen molar-refractivity contribution in [2.24, 2.45) is 0 Å². The number of amides is 1. The summed E-state index contributed by atoms with van der Waals surface area (Å²) in [7, 11) is 0. The Labute approximate surface area is 204 Å². The topological polar surface area (TPSA) is 64.0 Å². The molecule has 2 aromatic heterocycles. The summed E-state index contributed by atoms with van der Waals surface area (Å²) in [6.45, 7) is 6.63. The third kappa shape index (κ3) is 5.69. The van der Waals surface area contributed by atoms with Crippen molar-refractivity contribution in [1.29, 1.82) is 0 Å². The number of carbonyl (C=O) groups excluding carboxylic acids is 1. The first kappa shape index (κ1) is 24.0. The van der Waals surface area contributed by atoms with Gasteiger partial charge in [0.15, 0.2) is 5.16 Å². The number of fused-ring (bicyclic) bond motifs is 1. The van der Waals surface area contributed by atoms with Crippen molar-refractivity contribution >= 4 is 39.2 Å². The molecule has 0 saturated heterocycles. The van der Waals surface area contributed by atoms with Crippen molar-refractivity contribution < 1.29 is 4.79 Å². The third-order valence-corrected chi connectivity index (χ3v) is 8.76. The Bertz CT molecular complexity index is 1170. The van der Waals surface area contributed by atoms with Crippen LogP contribution in [-0.2, 0) is 17.8 Å². The van der Waals surface area contributed by atoms with Crippen LogP contribution in [0.3, 0.4) is 0 Å². The molecule has 1 amide bonds. The number of nitrogens with one attached hydrogen (secondary N) is 1. The van der Waals surface area contributed by atoms with Gasteiger partial charge in [-0.1, -0.05) is 74.2 Å². The van der Waals surface area contributed by atoms with Gasteiger partial charge in [-0.25, -0.2) is 4.98 Å². The minimum Gasteiger partial charge on any atom is -0.353 e. The Morgan fingerprint density at radius 2 is 1.85 bits per heavy atom. The zero-order valence-electron chi connectivity index (χ0n) is 19.8. The summed E-state index contributed by atoms with van der Waals surface area (Å²) in [6.07, 6.45) is 7.90. The fourth-order valence-electron chi connectivity index (χ4n) is 4.53. The molecule has 0 radical (unpaired) electrons. The Morgan fingerprint density at radius 1 is 1.15 bits per heavy atom. The van der Waals surface area contributed by atoms with Crippen LogP contribution in [0, 0.1) is 13.8 Å². The van der Waals surface area contributed by atoms with Gasteiger partial charge in [-0.3, -0.25) is 14.2 Å². The predicted octanol–water partition coefficient (Wildman–Crippen LogP) is 5.62. The van der Waals surface area contributed by atoms with Gasteiger partial charge in [0, 0.05) is 10.9 Å². The van der Waals surface area contributed by atoms with E-state index in [1.54, 1.807) is 15.9 Å². The highest BCUT2D eigenvalue weighted by Gasteiger charge is 2.20. The second-order valence-corrected chi connectivity index (χ2v) is 11.0. The average Bonchev–Trinajstić information content (AvgIpc) is 2.95. The van der Waals surface area contributed by atoms with E-state index in [2.05, 4.69) is 43.4 Å². The zero-order valence-corrected chi connectivity index (χ0v) is 21.4. The van der Waals surface area contributed by atoms with Gasteiger partial charge in [0.05, 0.1) is 17.7 Å². The largest absolute Gasteiger partial charge is 0.353 e. The molecule has 0 bridgehead atoms. The maximum atomic E-state index is 13.6. The lowest BCUT2D eigenvalue weighted by Gasteiger charge is -2.16. The number of thiophene rings is 1. The van der Waals surface area contributed by atoms with Gasteiger partial charge in [0.2, 0.25) is 5.91 Å². The van der Waals surface area contributed by atoms with E-state index in [0.29, 0.717) is 11.7 Å². The molecule has 4 rings (SSSR count). The number of aryl methyl sites for hydroxylation is 3. The maximum Gasteiger partial charge on any atom is 0.263 e. The molecule has 0 unspecified atom stereocenters. The minimum absolute atomic E-state index is 0.0132. The molecule has 0 atom stereocenters. The summed E-state index contributed by atoms with van der Waals surface area (Å²) < 4.78 is 1.75. The molecule has 1 aliphatic carbocycles. The van der Waals surface area contributed by atoms with Crippen molar-refractivity contribution in [3.05, 3.63) is 56.2 Å². The summed E-state index contributed by atoms with van der Waals surface area (Å²) in [5.74, 6) is 0.299. The van der Waals surface area contributed by atoms with Crippen LogP contribution in [0.5, 0.6) is 0 Å². The van der Waals surface area contributed by atoms with Crippen molar-refractivity contribution in [2.45, 2.75) is 83.5 Å². The third-order valence-electron chi connectivity index (χ3n) is 6.45. The van der Waals surface area contributed by atoms with E-state index in [1.807, 2.05) is 6.92 Å². The van der Waals surface area contributed by atoms with Gasteiger partial charge >= 0.3 is 0 Å². The lowest BCUT2D eigenvalue weighted by molar-refractivity contribution is -0.119. The van der Waals surface area contributed by atoms with E-state index in [1.165, 1.54) is 47.9 Å². The predicted molar refractivity (Wildman–Crippen MR) is 139 cm³/mol. The van der Waals surface area contributed by atoms with Crippen LogP contribution >= 0.6 is 23.1 Å². The summed E-state index contributed by atoms with van der Waals surface area (Å²) >= 11 is 2.97. The summed E-state index contributed by atoms with van der Waals surface area (Å²) in [6, 6.07) is 8.50. The number of aromatic nitrogens is 2. The second kappa shape index (κ2) is 10.9. The van der Waals surface area contributed by atoms with Crippen molar-refractivity contribution in [3.63, 3.8) is 0 Å². The van der Waals surface area contributed by atoms with E-state index in [0.717, 1.165) is 40.6 Å². The van der Waals surface area contributed by atoms with E-state index >= 15 is 0 Å². The Balaban J connectivity index is 1.61. The normalized spacial score (nSPS) is 15.0. The Hall–Kier alpha value is -2.12. The number of thioether (sulfide) groups is 1. The highest BCUT2D eigenvalue weighted by atomic mass is 32.2. The molecule has 3 aromatic rings. The summed E-state index contributed by atoms with van der Waals surface area (Å²) in [5, 5.41) is 4.54. The number of nitrogens with zero attached hydrogens (tertiary/aromatic N) is 2. The number of rotatable bonds is 7. The maximum absolute atomic E-state index is 13.6. The molecule has 0 aliphatic heterocycles. The molecular weight excluding hydrogens is 450 g/mol. The first-order valence-electron chi connectivity index (χ1n) is 12.0. The molecule has 33 heavy (non-hydrogen) atoms. The smallest absolute Gasteiger partial charge is 0.263 e. The van der Waals surface area contributed by atoms with E-state index in [9.17, 15) is 9.59 Å². The second-order valence-electron chi connectivity index (χ2n) is 9.00. The molecule has 0 spiro atoms. The lowest BCUT2D eigenvalue weighted by Crippen LogP contribution is -2.35. The Morgan fingerprint density at radius 3 is 2.52 bits per heavy atom. The molecule has 7 heteroatoms. The van der Waals surface area contributed by atoms with Gasteiger partial charge in [0.1, 0.15) is 4.83 Å². The minimum atomic E-state index is -0.0132. The Kier molecular flexibility index (Phi) is 7.91. The lowest BCUT2D eigenvalue weighted by atomic mass is 10.1. The first-order chi connectivity index (χ1) is 16.0. The fraction of sp³-hybridized carbons (Fsp3) is 0.500. The van der Waals surface area contributed by atoms with E-state index in [-0.39, 0.29) is 23.3 Å². The van der Waals surface area contributed by atoms with Gasteiger partial charge < -0.3 is 5.32 Å². The molecular formula is C26H33N3O2S2. The van der Waals surface area contributed by atoms with Gasteiger partial charge in [-0.2, -0.15) is 0 Å². The molecule has 2 heterocycles. The van der Waals surface area contributed by atoms with Crippen molar-refractivity contribution in [3.8, 4) is 0 Å². The molecule has 1 aliphatic rings. The van der Waals surface area contributed by atoms with Crippen LogP contribution in [0.25, 0.3) is 10.2 Å². The van der Waals surface area contributed by atoms with Gasteiger partial charge in [0.25, 0.3) is 5.56 Å². The highest BCUT2D eigenvalue weighted by molar-refractivity contribution is 7.99. The van der Waals surface area contributed by atoms with Crippen LogP contribution in [0.1, 0.15) is 67.0 Å².